The number of hydrogen-bond donors (Lipinski definition) is 1. The van der Waals surface area contributed by atoms with Crippen LogP contribution in [0.5, 0.6) is 0 Å². The zero-order valence-corrected chi connectivity index (χ0v) is 10.7. The molecule has 2 aliphatic heterocycles. The first-order valence-electron chi connectivity index (χ1n) is 6.89. The number of piperidine rings is 1. The van der Waals surface area contributed by atoms with Crippen molar-refractivity contribution in [2.45, 2.75) is 32.2 Å². The third-order valence-corrected chi connectivity index (χ3v) is 4.21. The number of fused-ring (bicyclic) bond motifs is 1. The maximum atomic E-state index is 3.58. The summed E-state index contributed by atoms with van der Waals surface area (Å²) >= 11 is 0. The highest BCUT2D eigenvalue weighted by atomic mass is 15.2. The molecule has 2 aliphatic rings. The molecule has 2 heteroatoms. The van der Waals surface area contributed by atoms with E-state index in [1.807, 2.05) is 0 Å². The van der Waals surface area contributed by atoms with Crippen LogP contribution >= 0.6 is 0 Å². The van der Waals surface area contributed by atoms with Crippen LogP contribution in [0, 0.1) is 5.92 Å². The van der Waals surface area contributed by atoms with E-state index in [-0.39, 0.29) is 0 Å². The Morgan fingerprint density at radius 3 is 3.06 bits per heavy atom. The smallest absolute Gasteiger partial charge is 0.0373 e. The molecule has 92 valence electrons. The topological polar surface area (TPSA) is 15.3 Å². The molecule has 0 aliphatic carbocycles. The molecule has 1 N–H and O–H groups in total. The molecule has 1 aromatic carbocycles. The number of anilines is 1. The second-order valence-corrected chi connectivity index (χ2v) is 5.64. The summed E-state index contributed by atoms with van der Waals surface area (Å²) in [6.45, 7) is 6.08. The van der Waals surface area contributed by atoms with E-state index in [9.17, 15) is 0 Å². The monoisotopic (exact) mass is 230 g/mol. The van der Waals surface area contributed by atoms with Crippen molar-refractivity contribution in [2.24, 2.45) is 5.92 Å². The average molecular weight is 230 g/mol. The lowest BCUT2D eigenvalue weighted by molar-refractivity contribution is 0.133. The van der Waals surface area contributed by atoms with Crippen LogP contribution in [-0.2, 0) is 6.42 Å². The van der Waals surface area contributed by atoms with Crippen LogP contribution in [0.25, 0.3) is 0 Å². The summed E-state index contributed by atoms with van der Waals surface area (Å²) < 4.78 is 0. The molecule has 2 nitrogen and oxygen atoms in total. The maximum absolute atomic E-state index is 3.58. The fourth-order valence-electron chi connectivity index (χ4n) is 3.24. The largest absolute Gasteiger partial charge is 0.383 e. The first kappa shape index (κ1) is 11.1. The van der Waals surface area contributed by atoms with Crippen LogP contribution < -0.4 is 5.32 Å². The molecule has 0 saturated carbocycles. The summed E-state index contributed by atoms with van der Waals surface area (Å²) in [5.41, 5.74) is 2.83. The van der Waals surface area contributed by atoms with E-state index in [0.29, 0.717) is 6.04 Å². The van der Waals surface area contributed by atoms with Crippen molar-refractivity contribution in [3.63, 3.8) is 0 Å². The quantitative estimate of drug-likeness (QED) is 0.798. The Labute approximate surface area is 104 Å². The van der Waals surface area contributed by atoms with Gasteiger partial charge in [-0.05, 0) is 43.4 Å². The van der Waals surface area contributed by atoms with E-state index in [1.54, 1.807) is 0 Å². The SMILES string of the molecule is CC1CCCN(C2CNc3ccccc3C2)C1. The van der Waals surface area contributed by atoms with Crippen LogP contribution in [0.2, 0.25) is 0 Å². The van der Waals surface area contributed by atoms with Gasteiger partial charge in [0.15, 0.2) is 0 Å². The van der Waals surface area contributed by atoms with E-state index >= 15 is 0 Å². The van der Waals surface area contributed by atoms with Crippen LogP contribution in [0.3, 0.4) is 0 Å². The fourth-order valence-corrected chi connectivity index (χ4v) is 3.24. The molecular formula is C15H22N2. The first-order valence-corrected chi connectivity index (χ1v) is 6.89. The standard InChI is InChI=1S/C15H22N2/c1-12-5-4-8-17(11-12)14-9-13-6-2-3-7-15(13)16-10-14/h2-3,6-7,12,14,16H,4-5,8-11H2,1H3. The van der Waals surface area contributed by atoms with E-state index in [2.05, 4.69) is 41.4 Å². The van der Waals surface area contributed by atoms with Gasteiger partial charge in [0.25, 0.3) is 0 Å². The van der Waals surface area contributed by atoms with Gasteiger partial charge in [0.2, 0.25) is 0 Å². The van der Waals surface area contributed by atoms with Crippen molar-refractivity contribution in [2.75, 3.05) is 25.0 Å². The molecule has 17 heavy (non-hydrogen) atoms. The minimum Gasteiger partial charge on any atom is -0.383 e. The van der Waals surface area contributed by atoms with Gasteiger partial charge in [-0.25, -0.2) is 0 Å². The Hall–Kier alpha value is -1.02. The second-order valence-electron chi connectivity index (χ2n) is 5.64. The average Bonchev–Trinajstić information content (AvgIpc) is 2.38. The van der Waals surface area contributed by atoms with Crippen molar-refractivity contribution in [1.29, 1.82) is 0 Å². The van der Waals surface area contributed by atoms with Gasteiger partial charge in [-0.1, -0.05) is 25.1 Å². The predicted octanol–water partition coefficient (Wildman–Crippen LogP) is 2.76. The van der Waals surface area contributed by atoms with Gasteiger partial charge in [0.1, 0.15) is 0 Å². The van der Waals surface area contributed by atoms with Crippen molar-refractivity contribution in [1.82, 2.24) is 4.90 Å². The second kappa shape index (κ2) is 4.69. The Balaban J connectivity index is 1.71. The number of benzene rings is 1. The zero-order valence-electron chi connectivity index (χ0n) is 10.7. The lowest BCUT2D eigenvalue weighted by atomic mass is 9.94. The van der Waals surface area contributed by atoms with Crippen molar-refractivity contribution in [3.05, 3.63) is 29.8 Å². The lowest BCUT2D eigenvalue weighted by Crippen LogP contribution is -2.48. The molecule has 2 heterocycles. The van der Waals surface area contributed by atoms with E-state index in [0.717, 1.165) is 12.5 Å². The van der Waals surface area contributed by atoms with Gasteiger partial charge >= 0.3 is 0 Å². The fraction of sp³-hybridized carbons (Fsp3) is 0.600. The van der Waals surface area contributed by atoms with Gasteiger partial charge in [0.05, 0.1) is 0 Å². The molecule has 1 fully saturated rings. The van der Waals surface area contributed by atoms with Crippen LogP contribution in [0.1, 0.15) is 25.3 Å². The Bertz CT molecular complexity index is 388. The molecule has 2 unspecified atom stereocenters. The van der Waals surface area contributed by atoms with Crippen LogP contribution in [-0.4, -0.2) is 30.6 Å². The Morgan fingerprint density at radius 2 is 2.18 bits per heavy atom. The number of rotatable bonds is 1. The predicted molar refractivity (Wildman–Crippen MR) is 72.4 cm³/mol. The highest BCUT2D eigenvalue weighted by Crippen LogP contribution is 2.26. The van der Waals surface area contributed by atoms with Crippen LogP contribution in [0.4, 0.5) is 5.69 Å². The van der Waals surface area contributed by atoms with E-state index < -0.39 is 0 Å². The molecule has 0 bridgehead atoms. The van der Waals surface area contributed by atoms with Crippen molar-refractivity contribution in [3.8, 4) is 0 Å². The van der Waals surface area contributed by atoms with Crippen molar-refractivity contribution < 1.29 is 0 Å². The van der Waals surface area contributed by atoms with Gasteiger partial charge < -0.3 is 5.32 Å². The summed E-state index contributed by atoms with van der Waals surface area (Å²) in [6.07, 6.45) is 4.00. The third-order valence-electron chi connectivity index (χ3n) is 4.21. The van der Waals surface area contributed by atoms with E-state index in [1.165, 1.54) is 43.6 Å². The molecule has 0 radical (unpaired) electrons. The number of likely N-dealkylation sites (tertiary alicyclic amines) is 1. The summed E-state index contributed by atoms with van der Waals surface area (Å²) in [5.74, 6) is 0.876. The number of para-hydroxylation sites is 1. The normalized spacial score (nSPS) is 29.5. The summed E-state index contributed by atoms with van der Waals surface area (Å²) in [4.78, 5) is 2.69. The van der Waals surface area contributed by atoms with Gasteiger partial charge in [-0.3, -0.25) is 4.90 Å². The number of nitrogens with zero attached hydrogens (tertiary/aromatic N) is 1. The van der Waals surface area contributed by atoms with Crippen LogP contribution in [0.15, 0.2) is 24.3 Å². The molecule has 0 amide bonds. The summed E-state index contributed by atoms with van der Waals surface area (Å²) in [5, 5.41) is 3.58. The Kier molecular flexibility index (Phi) is 3.06. The minimum absolute atomic E-state index is 0.702. The highest BCUT2D eigenvalue weighted by Gasteiger charge is 2.26. The van der Waals surface area contributed by atoms with Gasteiger partial charge in [-0.2, -0.15) is 0 Å². The Morgan fingerprint density at radius 1 is 1.29 bits per heavy atom. The molecule has 1 aromatic rings. The molecule has 0 aromatic heterocycles. The van der Waals surface area contributed by atoms with Gasteiger partial charge in [-0.15, -0.1) is 0 Å². The molecule has 3 rings (SSSR count). The minimum atomic E-state index is 0.702. The summed E-state index contributed by atoms with van der Waals surface area (Å²) in [7, 11) is 0. The third kappa shape index (κ3) is 2.32. The van der Waals surface area contributed by atoms with E-state index in [4.69, 9.17) is 0 Å². The lowest BCUT2D eigenvalue weighted by Gasteiger charge is -2.40. The number of nitrogens with one attached hydrogen (secondary N) is 1. The molecule has 2 atom stereocenters. The highest BCUT2D eigenvalue weighted by molar-refractivity contribution is 5.53. The first-order chi connectivity index (χ1) is 8.33. The molecule has 0 spiro atoms. The molecule has 1 saturated heterocycles. The summed E-state index contributed by atoms with van der Waals surface area (Å²) in [6, 6.07) is 9.44. The molecular weight excluding hydrogens is 208 g/mol. The number of hydrogen-bond acceptors (Lipinski definition) is 2. The van der Waals surface area contributed by atoms with Gasteiger partial charge in [0, 0.05) is 24.8 Å². The van der Waals surface area contributed by atoms with Crippen molar-refractivity contribution >= 4 is 5.69 Å². The zero-order chi connectivity index (χ0) is 11.7. The maximum Gasteiger partial charge on any atom is 0.0373 e.